The van der Waals surface area contributed by atoms with Gasteiger partial charge in [-0.1, -0.05) is 19.9 Å². The van der Waals surface area contributed by atoms with Crippen LogP contribution in [0.2, 0.25) is 0 Å². The van der Waals surface area contributed by atoms with Crippen LogP contribution >= 0.6 is 0 Å². The molecular weight excluding hydrogens is 228 g/mol. The molecule has 4 nitrogen and oxygen atoms in total. The molecule has 1 aromatic carbocycles. The Kier molecular flexibility index (Phi) is 2.47. The maximum absolute atomic E-state index is 12.2. The van der Waals surface area contributed by atoms with Crippen molar-refractivity contribution >= 4 is 11.6 Å². The van der Waals surface area contributed by atoms with E-state index in [9.17, 15) is 4.79 Å². The first-order valence-corrected chi connectivity index (χ1v) is 6.38. The third kappa shape index (κ3) is 1.92. The fourth-order valence-corrected chi connectivity index (χ4v) is 2.30. The minimum atomic E-state index is -0.0360. The molecule has 2 N–H and O–H groups in total. The number of carbonyl (C=O) groups excluding carboxylic acids is 1. The second-order valence-corrected chi connectivity index (χ2v) is 5.68. The summed E-state index contributed by atoms with van der Waals surface area (Å²) in [7, 11) is 0. The Morgan fingerprint density at radius 3 is 3.00 bits per heavy atom. The van der Waals surface area contributed by atoms with Crippen LogP contribution in [0.25, 0.3) is 0 Å². The summed E-state index contributed by atoms with van der Waals surface area (Å²) >= 11 is 0. The fraction of sp³-hybridized carbons (Fsp3) is 0.500. The molecular formula is C14H18N2O2. The second-order valence-electron chi connectivity index (χ2n) is 5.68. The van der Waals surface area contributed by atoms with Gasteiger partial charge in [-0.05, 0) is 24.0 Å². The molecule has 0 bridgehead atoms. The second kappa shape index (κ2) is 3.90. The van der Waals surface area contributed by atoms with E-state index >= 15 is 0 Å². The SMILES string of the molecule is CC1(C)CC1NC(=O)c1cccc2c1OCCN2. The minimum Gasteiger partial charge on any atom is -0.489 e. The van der Waals surface area contributed by atoms with Gasteiger partial charge in [0.2, 0.25) is 0 Å². The first-order valence-electron chi connectivity index (χ1n) is 6.38. The van der Waals surface area contributed by atoms with Gasteiger partial charge in [-0.3, -0.25) is 4.79 Å². The van der Waals surface area contributed by atoms with Crippen molar-refractivity contribution in [1.29, 1.82) is 0 Å². The molecule has 1 saturated carbocycles. The zero-order chi connectivity index (χ0) is 12.8. The Labute approximate surface area is 107 Å². The highest BCUT2D eigenvalue weighted by atomic mass is 16.5. The van der Waals surface area contributed by atoms with Gasteiger partial charge in [0.15, 0.2) is 5.75 Å². The molecule has 2 aliphatic rings. The molecule has 0 spiro atoms. The van der Waals surface area contributed by atoms with Crippen molar-refractivity contribution in [3.05, 3.63) is 23.8 Å². The lowest BCUT2D eigenvalue weighted by Crippen LogP contribution is -2.30. The van der Waals surface area contributed by atoms with E-state index in [2.05, 4.69) is 24.5 Å². The molecule has 0 radical (unpaired) electrons. The summed E-state index contributed by atoms with van der Waals surface area (Å²) in [4.78, 5) is 12.2. The highest BCUT2D eigenvalue weighted by Gasteiger charge is 2.46. The van der Waals surface area contributed by atoms with Crippen molar-refractivity contribution in [1.82, 2.24) is 5.32 Å². The van der Waals surface area contributed by atoms with Gasteiger partial charge in [0.05, 0.1) is 11.3 Å². The van der Waals surface area contributed by atoms with Gasteiger partial charge in [0, 0.05) is 12.6 Å². The van der Waals surface area contributed by atoms with Crippen molar-refractivity contribution in [2.24, 2.45) is 5.41 Å². The molecule has 1 heterocycles. The average molecular weight is 246 g/mol. The van der Waals surface area contributed by atoms with Crippen molar-refractivity contribution in [3.63, 3.8) is 0 Å². The predicted octanol–water partition coefficient (Wildman–Crippen LogP) is 2.02. The van der Waals surface area contributed by atoms with Gasteiger partial charge in [-0.25, -0.2) is 0 Å². The maximum Gasteiger partial charge on any atom is 0.255 e. The van der Waals surface area contributed by atoms with Crippen LogP contribution in [0.1, 0.15) is 30.6 Å². The maximum atomic E-state index is 12.2. The third-order valence-electron chi connectivity index (χ3n) is 3.74. The van der Waals surface area contributed by atoms with E-state index in [1.807, 2.05) is 18.2 Å². The topological polar surface area (TPSA) is 50.4 Å². The lowest BCUT2D eigenvalue weighted by molar-refractivity contribution is 0.0942. The van der Waals surface area contributed by atoms with Gasteiger partial charge in [0.1, 0.15) is 6.61 Å². The first-order chi connectivity index (χ1) is 8.58. The molecule has 18 heavy (non-hydrogen) atoms. The fourth-order valence-electron chi connectivity index (χ4n) is 2.30. The molecule has 4 heteroatoms. The number of amides is 1. The Morgan fingerprint density at radius 1 is 1.50 bits per heavy atom. The van der Waals surface area contributed by atoms with Crippen LogP contribution in [0.3, 0.4) is 0 Å². The number of para-hydroxylation sites is 1. The molecule has 1 atom stereocenters. The normalized spacial score (nSPS) is 23.3. The smallest absolute Gasteiger partial charge is 0.255 e. The Bertz CT molecular complexity index is 497. The van der Waals surface area contributed by atoms with E-state index in [0.717, 1.165) is 18.7 Å². The van der Waals surface area contributed by atoms with Crippen LogP contribution in [0.15, 0.2) is 18.2 Å². The number of hydrogen-bond acceptors (Lipinski definition) is 3. The highest BCUT2D eigenvalue weighted by Crippen LogP contribution is 2.45. The molecule has 3 rings (SSSR count). The summed E-state index contributed by atoms with van der Waals surface area (Å²) in [6.07, 6.45) is 1.05. The summed E-state index contributed by atoms with van der Waals surface area (Å²) in [5, 5.41) is 6.30. The molecule has 1 amide bonds. The third-order valence-corrected chi connectivity index (χ3v) is 3.74. The van der Waals surface area contributed by atoms with E-state index in [1.54, 1.807) is 0 Å². The van der Waals surface area contributed by atoms with Gasteiger partial charge < -0.3 is 15.4 Å². The summed E-state index contributed by atoms with van der Waals surface area (Å²) in [6.45, 7) is 5.72. The molecule has 1 fully saturated rings. The molecule has 1 aliphatic carbocycles. The van der Waals surface area contributed by atoms with Crippen LogP contribution in [-0.4, -0.2) is 25.1 Å². The Morgan fingerprint density at radius 2 is 2.28 bits per heavy atom. The number of anilines is 1. The minimum absolute atomic E-state index is 0.0360. The number of benzene rings is 1. The number of rotatable bonds is 2. The van der Waals surface area contributed by atoms with Crippen molar-refractivity contribution in [3.8, 4) is 5.75 Å². The number of fused-ring (bicyclic) bond motifs is 1. The van der Waals surface area contributed by atoms with Gasteiger partial charge in [-0.15, -0.1) is 0 Å². The standard InChI is InChI=1S/C14H18N2O2/c1-14(2)8-11(14)16-13(17)9-4-3-5-10-12(9)18-7-6-15-10/h3-5,11,15H,6-8H2,1-2H3,(H,16,17). The number of hydrogen-bond donors (Lipinski definition) is 2. The van der Waals surface area contributed by atoms with E-state index in [4.69, 9.17) is 4.74 Å². The summed E-state index contributed by atoms with van der Waals surface area (Å²) in [5.74, 6) is 0.644. The van der Waals surface area contributed by atoms with E-state index in [-0.39, 0.29) is 17.4 Å². The number of nitrogens with one attached hydrogen (secondary N) is 2. The van der Waals surface area contributed by atoms with Crippen molar-refractivity contribution in [2.45, 2.75) is 26.3 Å². The lowest BCUT2D eigenvalue weighted by atomic mass is 10.1. The quantitative estimate of drug-likeness (QED) is 0.839. The molecule has 1 aliphatic heterocycles. The zero-order valence-electron chi connectivity index (χ0n) is 10.7. The monoisotopic (exact) mass is 246 g/mol. The molecule has 0 saturated heterocycles. The van der Waals surface area contributed by atoms with Gasteiger partial charge >= 0.3 is 0 Å². The summed E-state index contributed by atoms with van der Waals surface area (Å²) in [5.41, 5.74) is 1.77. The van der Waals surface area contributed by atoms with Gasteiger partial charge in [-0.2, -0.15) is 0 Å². The zero-order valence-corrected chi connectivity index (χ0v) is 10.7. The number of ether oxygens (including phenoxy) is 1. The van der Waals surface area contributed by atoms with E-state index in [0.29, 0.717) is 17.9 Å². The van der Waals surface area contributed by atoms with Crippen molar-refractivity contribution < 1.29 is 9.53 Å². The van der Waals surface area contributed by atoms with Crippen LogP contribution in [0, 0.1) is 5.41 Å². The van der Waals surface area contributed by atoms with Crippen LogP contribution < -0.4 is 15.4 Å². The van der Waals surface area contributed by atoms with Crippen LogP contribution in [0.5, 0.6) is 5.75 Å². The Hall–Kier alpha value is -1.71. The Balaban J connectivity index is 1.81. The molecule has 0 aromatic heterocycles. The number of carbonyl (C=O) groups is 1. The predicted molar refractivity (Wildman–Crippen MR) is 70.1 cm³/mol. The summed E-state index contributed by atoms with van der Waals surface area (Å²) < 4.78 is 5.61. The molecule has 1 aromatic rings. The molecule has 1 unspecified atom stereocenters. The summed E-state index contributed by atoms with van der Waals surface area (Å²) in [6, 6.07) is 5.92. The largest absolute Gasteiger partial charge is 0.489 e. The highest BCUT2D eigenvalue weighted by molar-refractivity contribution is 5.99. The molecule has 96 valence electrons. The van der Waals surface area contributed by atoms with Crippen LogP contribution in [0.4, 0.5) is 5.69 Å². The van der Waals surface area contributed by atoms with E-state index in [1.165, 1.54) is 0 Å². The van der Waals surface area contributed by atoms with Gasteiger partial charge in [0.25, 0.3) is 5.91 Å². The lowest BCUT2D eigenvalue weighted by Gasteiger charge is -2.21. The van der Waals surface area contributed by atoms with Crippen LogP contribution in [-0.2, 0) is 0 Å². The first kappa shape index (κ1) is 11.4. The average Bonchev–Trinajstić information content (AvgIpc) is 2.95. The van der Waals surface area contributed by atoms with E-state index < -0.39 is 0 Å². The van der Waals surface area contributed by atoms with Crippen molar-refractivity contribution in [2.75, 3.05) is 18.5 Å².